The minimum absolute atomic E-state index is 0.214. The van der Waals surface area contributed by atoms with Gasteiger partial charge in [0, 0.05) is 5.41 Å². The number of fused-ring (bicyclic) bond motifs is 2. The van der Waals surface area contributed by atoms with Crippen LogP contribution in [0, 0.1) is 0 Å². The molecule has 0 aromatic heterocycles. The summed E-state index contributed by atoms with van der Waals surface area (Å²) in [7, 11) is 0. The second kappa shape index (κ2) is 6.70. The normalized spacial score (nSPS) is 16.8. The Bertz CT molecular complexity index is 959. The van der Waals surface area contributed by atoms with Crippen LogP contribution >= 0.6 is 0 Å². The maximum Gasteiger partial charge on any atom is 0.0209 e. The van der Waals surface area contributed by atoms with Crippen LogP contribution in [0.3, 0.4) is 0 Å². The molecular weight excluding hydrogens is 324 g/mol. The number of hydrogen-bond acceptors (Lipinski definition) is 0. The second-order valence-corrected chi connectivity index (χ2v) is 7.77. The lowest BCUT2D eigenvalue weighted by molar-refractivity contribution is 0.546. The molecule has 0 N–H and O–H groups in total. The van der Waals surface area contributed by atoms with E-state index in [1.54, 1.807) is 0 Å². The minimum atomic E-state index is 0.214. The van der Waals surface area contributed by atoms with E-state index in [-0.39, 0.29) is 5.41 Å². The van der Waals surface area contributed by atoms with Crippen LogP contribution in [-0.4, -0.2) is 0 Å². The lowest BCUT2D eigenvalue weighted by Crippen LogP contribution is -2.21. The van der Waals surface area contributed by atoms with Crippen LogP contribution < -0.4 is 0 Å². The molecule has 0 heterocycles. The zero-order valence-electron chi connectivity index (χ0n) is 15.6. The minimum Gasteiger partial charge on any atom is -0.0622 e. The first-order chi connectivity index (χ1) is 13.4. The van der Waals surface area contributed by atoms with E-state index in [9.17, 15) is 0 Å². The van der Waals surface area contributed by atoms with Crippen molar-refractivity contribution < 1.29 is 0 Å². The van der Waals surface area contributed by atoms with Gasteiger partial charge in [-0.05, 0) is 52.3 Å². The zero-order valence-corrected chi connectivity index (χ0v) is 15.6. The molecule has 0 heteroatoms. The molecule has 1 saturated carbocycles. The molecule has 5 rings (SSSR count). The molecule has 0 atom stereocenters. The van der Waals surface area contributed by atoms with Crippen LogP contribution in [0.5, 0.6) is 0 Å². The lowest BCUT2D eigenvalue weighted by Gasteiger charge is -2.28. The Morgan fingerprint density at radius 3 is 1.85 bits per heavy atom. The lowest BCUT2D eigenvalue weighted by atomic mass is 9.75. The highest BCUT2D eigenvalue weighted by molar-refractivity contribution is 5.85. The maximum atomic E-state index is 2.47. The molecule has 3 aromatic carbocycles. The Hall–Kier alpha value is -2.86. The highest BCUT2D eigenvalue weighted by atomic mass is 14.5. The van der Waals surface area contributed by atoms with E-state index in [0.29, 0.717) is 0 Å². The molecular formula is C27H24. The molecule has 0 amide bonds. The predicted octanol–water partition coefficient (Wildman–Crippen LogP) is 7.03. The molecule has 0 saturated heterocycles. The van der Waals surface area contributed by atoms with E-state index in [2.05, 4.69) is 97.1 Å². The average Bonchev–Trinajstić information content (AvgIpc) is 3.34. The molecule has 0 nitrogen and oxygen atoms in total. The molecule has 3 aromatic rings. The molecule has 1 spiro atoms. The summed E-state index contributed by atoms with van der Waals surface area (Å²) in [5.41, 5.74) is 8.54. The van der Waals surface area contributed by atoms with Gasteiger partial charge in [-0.1, -0.05) is 104 Å². The van der Waals surface area contributed by atoms with Gasteiger partial charge in [0.05, 0.1) is 0 Å². The number of rotatable bonds is 3. The average molecular weight is 348 g/mol. The van der Waals surface area contributed by atoms with Crippen LogP contribution in [0.25, 0.3) is 11.6 Å². The quantitative estimate of drug-likeness (QED) is 0.477. The number of allylic oxidation sites excluding steroid dienone is 2. The van der Waals surface area contributed by atoms with Crippen LogP contribution in [0.15, 0.2) is 96.6 Å². The van der Waals surface area contributed by atoms with Crippen molar-refractivity contribution in [2.24, 2.45) is 0 Å². The van der Waals surface area contributed by atoms with E-state index in [1.165, 1.54) is 59.1 Å². The van der Waals surface area contributed by atoms with Crippen LogP contribution in [0.1, 0.15) is 47.9 Å². The first kappa shape index (κ1) is 16.3. The topological polar surface area (TPSA) is 0 Å². The fraction of sp³-hybridized carbons (Fsp3) is 0.185. The van der Waals surface area contributed by atoms with E-state index in [4.69, 9.17) is 0 Å². The molecule has 27 heavy (non-hydrogen) atoms. The Kier molecular flexibility index (Phi) is 4.05. The number of benzene rings is 3. The van der Waals surface area contributed by atoms with Gasteiger partial charge in [0.1, 0.15) is 0 Å². The van der Waals surface area contributed by atoms with Gasteiger partial charge in [-0.15, -0.1) is 0 Å². The van der Waals surface area contributed by atoms with Gasteiger partial charge in [-0.3, -0.25) is 0 Å². The van der Waals surface area contributed by atoms with E-state index in [0.717, 1.165) is 0 Å². The third-order valence-corrected chi connectivity index (χ3v) is 6.27. The Labute approximate surface area is 161 Å². The zero-order chi connectivity index (χ0) is 18.1. The van der Waals surface area contributed by atoms with Crippen LogP contribution in [0.4, 0.5) is 0 Å². The van der Waals surface area contributed by atoms with Crippen LogP contribution in [-0.2, 0) is 5.41 Å². The largest absolute Gasteiger partial charge is 0.0622 e. The van der Waals surface area contributed by atoms with Gasteiger partial charge in [-0.2, -0.15) is 0 Å². The van der Waals surface area contributed by atoms with Gasteiger partial charge in [0.25, 0.3) is 0 Å². The van der Waals surface area contributed by atoms with Gasteiger partial charge in [-0.25, -0.2) is 0 Å². The Morgan fingerprint density at radius 1 is 0.667 bits per heavy atom. The third kappa shape index (κ3) is 2.77. The van der Waals surface area contributed by atoms with Crippen molar-refractivity contribution in [3.63, 3.8) is 0 Å². The maximum absolute atomic E-state index is 2.47. The molecule has 1 fully saturated rings. The standard InChI is InChI=1S/C27H24/c1-3-11-21(12-4-1)25(22-13-5-2-6-14-22)20-24-19-23-15-7-8-16-26(23)27(24)17-9-10-18-27/h1-8,11-16,19-20H,9-10,17-18H2. The van der Waals surface area contributed by atoms with Crippen molar-refractivity contribution >= 4 is 11.6 Å². The Morgan fingerprint density at radius 2 is 1.22 bits per heavy atom. The summed E-state index contributed by atoms with van der Waals surface area (Å²) in [6, 6.07) is 30.6. The fourth-order valence-electron chi connectivity index (χ4n) is 4.96. The third-order valence-electron chi connectivity index (χ3n) is 6.27. The highest BCUT2D eigenvalue weighted by Gasteiger charge is 2.42. The van der Waals surface area contributed by atoms with Crippen LogP contribution in [0.2, 0.25) is 0 Å². The molecule has 0 radical (unpaired) electrons. The molecule has 0 unspecified atom stereocenters. The van der Waals surface area contributed by atoms with Gasteiger partial charge in [0.2, 0.25) is 0 Å². The molecule has 0 bridgehead atoms. The summed E-state index contributed by atoms with van der Waals surface area (Å²) in [5, 5.41) is 0. The molecule has 2 aliphatic carbocycles. The van der Waals surface area contributed by atoms with Gasteiger partial charge in [0.15, 0.2) is 0 Å². The second-order valence-electron chi connectivity index (χ2n) is 7.77. The smallest absolute Gasteiger partial charge is 0.0209 e. The van der Waals surface area contributed by atoms with Crippen molar-refractivity contribution in [1.29, 1.82) is 0 Å². The first-order valence-electron chi connectivity index (χ1n) is 10.0. The number of hydrogen-bond donors (Lipinski definition) is 0. The van der Waals surface area contributed by atoms with Crippen molar-refractivity contribution in [2.45, 2.75) is 31.1 Å². The highest BCUT2D eigenvalue weighted by Crippen LogP contribution is 2.53. The molecule has 132 valence electrons. The Balaban J connectivity index is 1.69. The van der Waals surface area contributed by atoms with E-state index < -0.39 is 0 Å². The van der Waals surface area contributed by atoms with Gasteiger partial charge >= 0.3 is 0 Å². The van der Waals surface area contributed by atoms with Crippen molar-refractivity contribution in [3.8, 4) is 0 Å². The molecule has 2 aliphatic rings. The fourth-order valence-corrected chi connectivity index (χ4v) is 4.96. The predicted molar refractivity (Wildman–Crippen MR) is 115 cm³/mol. The van der Waals surface area contributed by atoms with Crippen molar-refractivity contribution in [2.75, 3.05) is 0 Å². The summed E-state index contributed by atoms with van der Waals surface area (Å²) >= 11 is 0. The summed E-state index contributed by atoms with van der Waals surface area (Å²) in [6.45, 7) is 0. The van der Waals surface area contributed by atoms with E-state index >= 15 is 0 Å². The van der Waals surface area contributed by atoms with Gasteiger partial charge < -0.3 is 0 Å². The summed E-state index contributed by atoms with van der Waals surface area (Å²) in [5.74, 6) is 0. The summed E-state index contributed by atoms with van der Waals surface area (Å²) < 4.78 is 0. The SMILES string of the molecule is C(=C(c1ccccc1)c1ccccc1)C1=Cc2ccccc2C12CCCC2. The summed E-state index contributed by atoms with van der Waals surface area (Å²) in [4.78, 5) is 0. The summed E-state index contributed by atoms with van der Waals surface area (Å²) in [6.07, 6.45) is 10.1. The van der Waals surface area contributed by atoms with E-state index in [1.807, 2.05) is 0 Å². The monoisotopic (exact) mass is 348 g/mol. The molecule has 0 aliphatic heterocycles. The van der Waals surface area contributed by atoms with Crippen molar-refractivity contribution in [1.82, 2.24) is 0 Å². The van der Waals surface area contributed by atoms with Crippen molar-refractivity contribution in [3.05, 3.63) is 119 Å². The first-order valence-corrected chi connectivity index (χ1v) is 10.0.